The van der Waals surface area contributed by atoms with Crippen molar-refractivity contribution in [1.82, 2.24) is 0 Å². The molecule has 1 amide bonds. The lowest BCUT2D eigenvalue weighted by Crippen LogP contribution is -2.14. The van der Waals surface area contributed by atoms with Crippen molar-refractivity contribution in [1.29, 1.82) is 5.26 Å². The summed E-state index contributed by atoms with van der Waals surface area (Å²) in [5.74, 6) is -0.663. The Morgan fingerprint density at radius 2 is 1.85 bits per heavy atom. The number of benzene rings is 3. The monoisotopic (exact) mass is 484 g/mol. The molecule has 0 aliphatic rings. The Hall–Kier alpha value is -3.53. The maximum absolute atomic E-state index is 13.8. The first kappa shape index (κ1) is 24.1. The molecule has 3 rings (SSSR count). The van der Waals surface area contributed by atoms with Gasteiger partial charge in [0.2, 0.25) is 0 Å². The van der Waals surface area contributed by atoms with E-state index < -0.39 is 11.7 Å². The van der Waals surface area contributed by atoms with Crippen molar-refractivity contribution in [3.05, 3.63) is 93.2 Å². The van der Waals surface area contributed by atoms with Crippen molar-refractivity contribution in [3.8, 4) is 17.6 Å². The van der Waals surface area contributed by atoms with Gasteiger partial charge in [0, 0.05) is 5.02 Å². The zero-order valence-corrected chi connectivity index (χ0v) is 19.1. The third kappa shape index (κ3) is 6.48. The highest BCUT2D eigenvalue weighted by Gasteiger charge is 2.16. The molecule has 0 aromatic heterocycles. The largest absolute Gasteiger partial charge is 0.490 e. The van der Waals surface area contributed by atoms with Crippen LogP contribution in [0.5, 0.6) is 11.5 Å². The summed E-state index contributed by atoms with van der Waals surface area (Å²) in [6, 6.07) is 17.9. The Morgan fingerprint density at radius 3 is 2.52 bits per heavy atom. The average molecular weight is 485 g/mol. The molecule has 0 atom stereocenters. The Labute approximate surface area is 201 Å². The number of para-hydroxylation sites is 1. The molecular weight excluding hydrogens is 466 g/mol. The fourth-order valence-corrected chi connectivity index (χ4v) is 3.28. The van der Waals surface area contributed by atoms with Crippen molar-refractivity contribution < 1.29 is 18.7 Å². The number of hydrogen-bond acceptors (Lipinski definition) is 4. The molecule has 0 aliphatic heterocycles. The molecule has 0 fully saturated rings. The number of nitrogens with one attached hydrogen (secondary N) is 1. The van der Waals surface area contributed by atoms with Crippen molar-refractivity contribution in [2.45, 2.75) is 13.5 Å². The number of halogens is 3. The molecule has 33 heavy (non-hydrogen) atoms. The van der Waals surface area contributed by atoms with E-state index in [9.17, 15) is 14.4 Å². The van der Waals surface area contributed by atoms with E-state index in [1.54, 1.807) is 30.3 Å². The number of hydrogen-bond donors (Lipinski definition) is 1. The number of nitrogens with zero attached hydrogens (tertiary/aromatic N) is 1. The number of rotatable bonds is 8. The third-order valence-corrected chi connectivity index (χ3v) is 4.96. The van der Waals surface area contributed by atoms with Crippen molar-refractivity contribution >= 4 is 40.9 Å². The van der Waals surface area contributed by atoms with Crippen molar-refractivity contribution in [3.63, 3.8) is 0 Å². The van der Waals surface area contributed by atoms with Crippen LogP contribution in [0.3, 0.4) is 0 Å². The Morgan fingerprint density at radius 1 is 1.12 bits per heavy atom. The molecule has 168 valence electrons. The maximum Gasteiger partial charge on any atom is 0.266 e. The van der Waals surface area contributed by atoms with Crippen LogP contribution >= 0.6 is 23.2 Å². The summed E-state index contributed by atoms with van der Waals surface area (Å²) < 4.78 is 25.3. The van der Waals surface area contributed by atoms with Crippen LogP contribution < -0.4 is 14.8 Å². The van der Waals surface area contributed by atoms with E-state index >= 15 is 0 Å². The molecule has 5 nitrogen and oxygen atoms in total. The van der Waals surface area contributed by atoms with Gasteiger partial charge in [-0.05, 0) is 60.5 Å². The minimum absolute atomic E-state index is 0.0253. The lowest BCUT2D eigenvalue weighted by Gasteiger charge is -2.15. The Bertz CT molecular complexity index is 1220. The van der Waals surface area contributed by atoms with Gasteiger partial charge >= 0.3 is 0 Å². The maximum atomic E-state index is 13.8. The van der Waals surface area contributed by atoms with Gasteiger partial charge in [-0.1, -0.05) is 47.5 Å². The Balaban J connectivity index is 1.85. The van der Waals surface area contributed by atoms with E-state index in [1.165, 1.54) is 24.3 Å². The van der Waals surface area contributed by atoms with Crippen LogP contribution in [0.2, 0.25) is 10.0 Å². The van der Waals surface area contributed by atoms with Crippen LogP contribution in [-0.4, -0.2) is 12.5 Å². The van der Waals surface area contributed by atoms with E-state index in [1.807, 2.05) is 25.1 Å². The van der Waals surface area contributed by atoms with Gasteiger partial charge in [0.15, 0.2) is 11.5 Å². The van der Waals surface area contributed by atoms with Crippen LogP contribution in [0.15, 0.2) is 66.2 Å². The predicted octanol–water partition coefficient (Wildman–Crippen LogP) is 6.66. The molecule has 3 aromatic carbocycles. The minimum atomic E-state index is -0.750. The standard InChI is InChI=1S/C25H19Cl2FN2O3/c1-2-32-23-13-17(11-18(14-29)25(31)30-22-6-4-3-5-21(22)28)12-20(27)24(23)33-15-16-7-9-19(26)10-8-16/h3-13H,2,15H2,1H3,(H,30,31)/b18-11-. The summed E-state index contributed by atoms with van der Waals surface area (Å²) in [4.78, 5) is 12.5. The molecule has 3 aromatic rings. The second kappa shape index (κ2) is 11.4. The van der Waals surface area contributed by atoms with Gasteiger partial charge in [-0.2, -0.15) is 5.26 Å². The van der Waals surface area contributed by atoms with E-state index in [2.05, 4.69) is 5.32 Å². The van der Waals surface area contributed by atoms with Gasteiger partial charge < -0.3 is 14.8 Å². The molecule has 0 spiro atoms. The molecule has 8 heteroatoms. The fourth-order valence-electron chi connectivity index (χ4n) is 2.88. The molecule has 0 unspecified atom stereocenters. The van der Waals surface area contributed by atoms with E-state index in [0.717, 1.165) is 5.56 Å². The highest BCUT2D eigenvalue weighted by molar-refractivity contribution is 6.32. The molecule has 0 saturated carbocycles. The molecule has 0 bridgehead atoms. The smallest absolute Gasteiger partial charge is 0.266 e. The molecule has 0 saturated heterocycles. The first-order chi connectivity index (χ1) is 15.9. The fraction of sp³-hybridized carbons (Fsp3) is 0.120. The predicted molar refractivity (Wildman–Crippen MR) is 127 cm³/mol. The van der Waals surface area contributed by atoms with Crippen molar-refractivity contribution in [2.24, 2.45) is 0 Å². The highest BCUT2D eigenvalue weighted by Crippen LogP contribution is 2.38. The number of amides is 1. The van der Waals surface area contributed by atoms with Gasteiger partial charge in [0.1, 0.15) is 24.1 Å². The topological polar surface area (TPSA) is 71.3 Å². The van der Waals surface area contributed by atoms with Gasteiger partial charge in [-0.25, -0.2) is 4.39 Å². The first-order valence-electron chi connectivity index (χ1n) is 9.92. The molecular formula is C25H19Cl2FN2O3. The summed E-state index contributed by atoms with van der Waals surface area (Å²) in [5.41, 5.74) is 1.08. The molecule has 0 heterocycles. The lowest BCUT2D eigenvalue weighted by molar-refractivity contribution is -0.112. The zero-order chi connectivity index (χ0) is 23.8. The summed E-state index contributed by atoms with van der Waals surface area (Å²) >= 11 is 12.3. The second-order valence-electron chi connectivity index (χ2n) is 6.78. The normalized spacial score (nSPS) is 10.9. The number of ether oxygens (including phenoxy) is 2. The number of carbonyl (C=O) groups excluding carboxylic acids is 1. The van der Waals surface area contributed by atoms with E-state index in [0.29, 0.717) is 28.7 Å². The highest BCUT2D eigenvalue weighted by atomic mass is 35.5. The van der Waals surface area contributed by atoms with Gasteiger partial charge in [0.25, 0.3) is 5.91 Å². The quantitative estimate of drug-likeness (QED) is 0.286. The first-order valence-corrected chi connectivity index (χ1v) is 10.7. The van der Waals surface area contributed by atoms with E-state index in [-0.39, 0.29) is 22.9 Å². The van der Waals surface area contributed by atoms with Crippen LogP contribution in [0.4, 0.5) is 10.1 Å². The molecule has 1 N–H and O–H groups in total. The minimum Gasteiger partial charge on any atom is -0.490 e. The molecule has 0 radical (unpaired) electrons. The molecule has 0 aliphatic carbocycles. The van der Waals surface area contributed by atoms with Gasteiger partial charge in [-0.15, -0.1) is 0 Å². The van der Waals surface area contributed by atoms with Crippen LogP contribution in [0, 0.1) is 17.1 Å². The summed E-state index contributed by atoms with van der Waals surface area (Å²) in [6.07, 6.45) is 1.34. The zero-order valence-electron chi connectivity index (χ0n) is 17.6. The summed E-state index contributed by atoms with van der Waals surface area (Å²) in [7, 11) is 0. The van der Waals surface area contributed by atoms with Crippen LogP contribution in [0.1, 0.15) is 18.1 Å². The summed E-state index contributed by atoms with van der Waals surface area (Å²) in [5, 5.41) is 12.7. The second-order valence-corrected chi connectivity index (χ2v) is 7.63. The summed E-state index contributed by atoms with van der Waals surface area (Å²) in [6.45, 7) is 2.39. The number of anilines is 1. The van der Waals surface area contributed by atoms with Gasteiger partial charge in [0.05, 0.1) is 17.3 Å². The Kier molecular flexibility index (Phi) is 8.31. The SMILES string of the molecule is CCOc1cc(/C=C(/C#N)C(=O)Nc2ccccc2F)cc(Cl)c1OCc1ccc(Cl)cc1. The van der Waals surface area contributed by atoms with Crippen LogP contribution in [-0.2, 0) is 11.4 Å². The van der Waals surface area contributed by atoms with Crippen molar-refractivity contribution in [2.75, 3.05) is 11.9 Å². The van der Waals surface area contributed by atoms with E-state index in [4.69, 9.17) is 32.7 Å². The average Bonchev–Trinajstić information content (AvgIpc) is 2.79. The number of carbonyl (C=O) groups is 1. The number of nitriles is 1. The lowest BCUT2D eigenvalue weighted by atomic mass is 10.1. The van der Waals surface area contributed by atoms with Gasteiger partial charge in [-0.3, -0.25) is 4.79 Å². The van der Waals surface area contributed by atoms with Crippen LogP contribution in [0.25, 0.3) is 6.08 Å². The third-order valence-electron chi connectivity index (χ3n) is 4.43.